The van der Waals surface area contributed by atoms with Gasteiger partial charge in [-0.3, -0.25) is 9.78 Å². The Bertz CT molecular complexity index is 1040. The number of carbonyl (C=O) groups excluding carboxylic acids is 1. The molecule has 0 aliphatic rings. The van der Waals surface area contributed by atoms with Gasteiger partial charge in [-0.2, -0.15) is 0 Å². The van der Waals surface area contributed by atoms with Crippen LogP contribution in [0.15, 0.2) is 71.4 Å². The fraction of sp³-hybridized carbons (Fsp3) is 0.0500. The zero-order chi connectivity index (χ0) is 17.2. The Morgan fingerprint density at radius 2 is 1.76 bits per heavy atom. The molecule has 0 bridgehead atoms. The number of nitrogens with zero attached hydrogens (tertiary/aromatic N) is 2. The maximum atomic E-state index is 12.2. The third-order valence-corrected chi connectivity index (χ3v) is 3.89. The minimum absolute atomic E-state index is 0.191. The molecule has 0 saturated carbocycles. The summed E-state index contributed by atoms with van der Waals surface area (Å²) in [5.41, 5.74) is 4.69. The van der Waals surface area contributed by atoms with Crippen LogP contribution in [0.4, 0.5) is 5.69 Å². The lowest BCUT2D eigenvalue weighted by Gasteiger charge is -2.04. The molecule has 0 saturated heterocycles. The molecule has 1 N–H and O–H groups in total. The van der Waals surface area contributed by atoms with E-state index in [0.29, 0.717) is 28.2 Å². The second-order valence-electron chi connectivity index (χ2n) is 5.76. The molecule has 5 nitrogen and oxygen atoms in total. The van der Waals surface area contributed by atoms with Crippen LogP contribution < -0.4 is 5.32 Å². The molecule has 0 aliphatic heterocycles. The summed E-state index contributed by atoms with van der Waals surface area (Å²) < 4.78 is 5.81. The summed E-state index contributed by atoms with van der Waals surface area (Å²) in [6, 6.07) is 16.7. The van der Waals surface area contributed by atoms with E-state index in [9.17, 15) is 4.79 Å². The number of fused-ring (bicyclic) bond motifs is 1. The number of carbonyl (C=O) groups is 1. The van der Waals surface area contributed by atoms with Gasteiger partial charge in [-0.25, -0.2) is 4.98 Å². The second kappa shape index (κ2) is 6.20. The second-order valence-corrected chi connectivity index (χ2v) is 5.76. The summed E-state index contributed by atoms with van der Waals surface area (Å²) in [6.45, 7) is 2.04. The Morgan fingerprint density at radius 1 is 1.00 bits per heavy atom. The molecule has 0 radical (unpaired) electrons. The van der Waals surface area contributed by atoms with Gasteiger partial charge in [-0.15, -0.1) is 0 Å². The molecular weight excluding hydrogens is 314 g/mol. The highest BCUT2D eigenvalue weighted by atomic mass is 16.3. The van der Waals surface area contributed by atoms with E-state index in [4.69, 9.17) is 4.42 Å². The summed E-state index contributed by atoms with van der Waals surface area (Å²) in [7, 11) is 0. The molecule has 25 heavy (non-hydrogen) atoms. The normalized spacial score (nSPS) is 10.8. The highest BCUT2D eigenvalue weighted by Crippen LogP contribution is 2.26. The van der Waals surface area contributed by atoms with E-state index in [1.54, 1.807) is 36.7 Å². The van der Waals surface area contributed by atoms with Crippen LogP contribution in [0.25, 0.3) is 22.6 Å². The van der Waals surface area contributed by atoms with Gasteiger partial charge in [0, 0.05) is 29.2 Å². The van der Waals surface area contributed by atoms with E-state index in [0.717, 1.165) is 5.56 Å². The van der Waals surface area contributed by atoms with Gasteiger partial charge in [0.05, 0.1) is 0 Å². The van der Waals surface area contributed by atoms with Crippen LogP contribution in [-0.2, 0) is 0 Å². The van der Waals surface area contributed by atoms with Crippen LogP contribution >= 0.6 is 0 Å². The molecular formula is C20H15N3O2. The predicted octanol–water partition coefficient (Wildman–Crippen LogP) is 4.45. The number of oxazole rings is 1. The predicted molar refractivity (Wildman–Crippen MR) is 96.4 cm³/mol. The van der Waals surface area contributed by atoms with Crippen molar-refractivity contribution in [2.24, 2.45) is 0 Å². The SMILES string of the molecule is Cc1ccc(-c2nc3cc(NC(=O)c4ccncc4)ccc3o2)cc1. The van der Waals surface area contributed by atoms with Crippen LogP contribution in [0, 0.1) is 6.92 Å². The molecule has 4 aromatic rings. The highest BCUT2D eigenvalue weighted by molar-refractivity contribution is 6.04. The van der Waals surface area contributed by atoms with Gasteiger partial charge >= 0.3 is 0 Å². The molecule has 4 rings (SSSR count). The van der Waals surface area contributed by atoms with Gasteiger partial charge in [0.15, 0.2) is 5.58 Å². The molecule has 2 aromatic carbocycles. The van der Waals surface area contributed by atoms with Crippen LogP contribution in [0.2, 0.25) is 0 Å². The number of nitrogens with one attached hydrogen (secondary N) is 1. The Balaban J connectivity index is 1.62. The minimum atomic E-state index is -0.191. The average molecular weight is 329 g/mol. The number of amides is 1. The lowest BCUT2D eigenvalue weighted by atomic mass is 10.1. The molecule has 2 aromatic heterocycles. The number of benzene rings is 2. The first-order valence-corrected chi connectivity index (χ1v) is 7.88. The zero-order valence-corrected chi connectivity index (χ0v) is 13.6. The van der Waals surface area contributed by atoms with Gasteiger partial charge in [0.1, 0.15) is 5.52 Å². The van der Waals surface area contributed by atoms with Crippen molar-refractivity contribution in [3.8, 4) is 11.5 Å². The van der Waals surface area contributed by atoms with Crippen molar-refractivity contribution in [1.82, 2.24) is 9.97 Å². The first-order valence-electron chi connectivity index (χ1n) is 7.88. The lowest BCUT2D eigenvalue weighted by Crippen LogP contribution is -2.11. The maximum absolute atomic E-state index is 12.2. The molecule has 0 atom stereocenters. The van der Waals surface area contributed by atoms with Crippen molar-refractivity contribution in [2.45, 2.75) is 6.92 Å². The summed E-state index contributed by atoms with van der Waals surface area (Å²) in [4.78, 5) is 20.7. The number of aryl methyl sites for hydroxylation is 1. The third-order valence-electron chi connectivity index (χ3n) is 3.89. The number of hydrogen-bond donors (Lipinski definition) is 1. The zero-order valence-electron chi connectivity index (χ0n) is 13.6. The van der Waals surface area contributed by atoms with E-state index in [1.807, 2.05) is 37.3 Å². The molecule has 0 spiro atoms. The van der Waals surface area contributed by atoms with Crippen molar-refractivity contribution in [3.63, 3.8) is 0 Å². The van der Waals surface area contributed by atoms with Crippen LogP contribution in [0.1, 0.15) is 15.9 Å². The van der Waals surface area contributed by atoms with Gasteiger partial charge in [-0.1, -0.05) is 17.7 Å². The van der Waals surface area contributed by atoms with E-state index >= 15 is 0 Å². The minimum Gasteiger partial charge on any atom is -0.436 e. The van der Waals surface area contributed by atoms with Crippen molar-refractivity contribution in [1.29, 1.82) is 0 Å². The monoisotopic (exact) mass is 329 g/mol. The smallest absolute Gasteiger partial charge is 0.255 e. The summed E-state index contributed by atoms with van der Waals surface area (Å²) in [5, 5.41) is 2.86. The first kappa shape index (κ1) is 15.1. The average Bonchev–Trinajstić information content (AvgIpc) is 3.06. The molecule has 0 aliphatic carbocycles. The van der Waals surface area contributed by atoms with Gasteiger partial charge in [-0.05, 0) is 49.4 Å². The number of rotatable bonds is 3. The summed E-state index contributed by atoms with van der Waals surface area (Å²) in [6.07, 6.45) is 3.17. The number of hydrogen-bond acceptors (Lipinski definition) is 4. The molecule has 122 valence electrons. The molecule has 2 heterocycles. The lowest BCUT2D eigenvalue weighted by molar-refractivity contribution is 0.102. The molecule has 0 fully saturated rings. The number of anilines is 1. The first-order chi connectivity index (χ1) is 12.2. The summed E-state index contributed by atoms with van der Waals surface area (Å²) in [5.74, 6) is 0.372. The van der Waals surface area contributed by atoms with Crippen molar-refractivity contribution < 1.29 is 9.21 Å². The van der Waals surface area contributed by atoms with Crippen LogP contribution in [0.5, 0.6) is 0 Å². The maximum Gasteiger partial charge on any atom is 0.255 e. The van der Waals surface area contributed by atoms with E-state index in [1.165, 1.54) is 5.56 Å². The largest absolute Gasteiger partial charge is 0.436 e. The van der Waals surface area contributed by atoms with Crippen molar-refractivity contribution in [2.75, 3.05) is 5.32 Å². The van der Waals surface area contributed by atoms with Gasteiger partial charge in [0.2, 0.25) is 5.89 Å². The molecule has 1 amide bonds. The fourth-order valence-electron chi connectivity index (χ4n) is 2.53. The van der Waals surface area contributed by atoms with Crippen molar-refractivity contribution >= 4 is 22.7 Å². The van der Waals surface area contributed by atoms with Gasteiger partial charge < -0.3 is 9.73 Å². The van der Waals surface area contributed by atoms with Crippen LogP contribution in [-0.4, -0.2) is 15.9 Å². The Morgan fingerprint density at radius 3 is 2.52 bits per heavy atom. The molecule has 5 heteroatoms. The van der Waals surface area contributed by atoms with E-state index in [2.05, 4.69) is 15.3 Å². The number of aromatic nitrogens is 2. The van der Waals surface area contributed by atoms with Gasteiger partial charge in [0.25, 0.3) is 5.91 Å². The summed E-state index contributed by atoms with van der Waals surface area (Å²) >= 11 is 0. The van der Waals surface area contributed by atoms with Crippen LogP contribution in [0.3, 0.4) is 0 Å². The Hall–Kier alpha value is -3.47. The fourth-order valence-corrected chi connectivity index (χ4v) is 2.53. The highest BCUT2D eigenvalue weighted by Gasteiger charge is 2.10. The Labute approximate surface area is 144 Å². The quantitative estimate of drug-likeness (QED) is 0.603. The topological polar surface area (TPSA) is 68.0 Å². The molecule has 0 unspecified atom stereocenters. The number of pyridine rings is 1. The van der Waals surface area contributed by atoms with E-state index in [-0.39, 0.29) is 5.91 Å². The standard InChI is InChI=1S/C20H15N3O2/c1-13-2-4-15(5-3-13)20-23-17-12-16(6-7-18(17)25-20)22-19(24)14-8-10-21-11-9-14/h2-12H,1H3,(H,22,24). The van der Waals surface area contributed by atoms with Crippen molar-refractivity contribution in [3.05, 3.63) is 78.1 Å². The third kappa shape index (κ3) is 3.12. The Kier molecular flexibility index (Phi) is 3.74. The van der Waals surface area contributed by atoms with E-state index < -0.39 is 0 Å².